The summed E-state index contributed by atoms with van der Waals surface area (Å²) in [4.78, 5) is 14.0. The Hall–Kier alpha value is -4.15. The molecule has 0 bridgehead atoms. The van der Waals surface area contributed by atoms with E-state index in [-0.39, 0.29) is 0 Å². The maximum Gasteiger partial charge on any atom is 0.0793 e. The van der Waals surface area contributed by atoms with Gasteiger partial charge in [0.15, 0.2) is 0 Å². The van der Waals surface area contributed by atoms with Crippen molar-refractivity contribution in [3.8, 4) is 11.3 Å². The first-order valence-electron chi connectivity index (χ1n) is 10.9. The van der Waals surface area contributed by atoms with Crippen molar-refractivity contribution in [3.05, 3.63) is 103 Å². The van der Waals surface area contributed by atoms with Gasteiger partial charge in [0.2, 0.25) is 0 Å². The van der Waals surface area contributed by atoms with Crippen LogP contribution in [0.5, 0.6) is 0 Å². The van der Waals surface area contributed by atoms with E-state index >= 15 is 0 Å². The first-order valence-corrected chi connectivity index (χ1v) is 11.7. The largest absolute Gasteiger partial charge is 0.256 e. The van der Waals surface area contributed by atoms with Crippen LogP contribution in [0.15, 0.2) is 91.4 Å². The van der Waals surface area contributed by atoms with Gasteiger partial charge in [-0.2, -0.15) is 0 Å². The van der Waals surface area contributed by atoms with Crippen LogP contribution in [-0.4, -0.2) is 15.0 Å². The zero-order valence-electron chi connectivity index (χ0n) is 17.6. The molecule has 3 aromatic carbocycles. The van der Waals surface area contributed by atoms with Gasteiger partial charge < -0.3 is 0 Å². The maximum atomic E-state index is 4.84. The van der Waals surface area contributed by atoms with E-state index in [9.17, 15) is 0 Å². The number of hydrogen-bond donors (Lipinski definition) is 0. The number of pyridine rings is 3. The molecule has 0 aliphatic rings. The van der Waals surface area contributed by atoms with Gasteiger partial charge in [-0.15, -0.1) is 11.3 Å². The van der Waals surface area contributed by atoms with Crippen LogP contribution in [0.25, 0.3) is 65.3 Å². The highest BCUT2D eigenvalue weighted by Crippen LogP contribution is 2.45. The predicted molar refractivity (Wildman–Crippen MR) is 140 cm³/mol. The molecule has 7 aromatic rings. The van der Waals surface area contributed by atoms with Crippen LogP contribution in [0.2, 0.25) is 0 Å². The highest BCUT2D eigenvalue weighted by Gasteiger charge is 2.17. The standard InChI is InChI=1S/C29H17N3S/c1-2-15-30-22(9-1)21-8-5-16-31-23(21)13-11-18-12-14-25-28-26(18)29-20(7-4-17-32-29)19-6-3-10-24(33-25)27(19)28/h1-17H/b13-11+. The molecule has 0 saturated carbocycles. The van der Waals surface area contributed by atoms with E-state index in [0.29, 0.717) is 0 Å². The second kappa shape index (κ2) is 7.19. The number of benzene rings is 3. The second-order valence-electron chi connectivity index (χ2n) is 8.07. The summed E-state index contributed by atoms with van der Waals surface area (Å²) in [6, 6.07) is 25.2. The number of aromatic nitrogens is 3. The zero-order chi connectivity index (χ0) is 21.8. The van der Waals surface area contributed by atoms with Gasteiger partial charge in [-0.1, -0.05) is 36.4 Å². The van der Waals surface area contributed by atoms with Gasteiger partial charge in [-0.25, -0.2) is 0 Å². The second-order valence-corrected chi connectivity index (χ2v) is 9.15. The molecule has 0 fully saturated rings. The van der Waals surface area contributed by atoms with Gasteiger partial charge in [-0.05, 0) is 59.5 Å². The van der Waals surface area contributed by atoms with E-state index in [0.717, 1.165) is 28.0 Å². The lowest BCUT2D eigenvalue weighted by molar-refractivity contribution is 1.26. The molecule has 0 N–H and O–H groups in total. The van der Waals surface area contributed by atoms with Crippen LogP contribution in [0.4, 0.5) is 0 Å². The third-order valence-corrected chi connectivity index (χ3v) is 7.35. The van der Waals surface area contributed by atoms with Crippen LogP contribution in [0, 0.1) is 0 Å². The Balaban J connectivity index is 1.50. The van der Waals surface area contributed by atoms with Gasteiger partial charge >= 0.3 is 0 Å². The Morgan fingerprint density at radius 2 is 1.42 bits per heavy atom. The third kappa shape index (κ3) is 2.78. The molecule has 0 atom stereocenters. The van der Waals surface area contributed by atoms with Crippen molar-refractivity contribution >= 4 is 65.3 Å². The number of rotatable bonds is 3. The van der Waals surface area contributed by atoms with Crippen LogP contribution in [0.3, 0.4) is 0 Å². The molecule has 0 saturated heterocycles. The fraction of sp³-hybridized carbons (Fsp3) is 0. The zero-order valence-corrected chi connectivity index (χ0v) is 18.4. The minimum absolute atomic E-state index is 0.899. The van der Waals surface area contributed by atoms with E-state index in [1.54, 1.807) is 0 Å². The lowest BCUT2D eigenvalue weighted by Crippen LogP contribution is -1.90. The van der Waals surface area contributed by atoms with Crippen LogP contribution < -0.4 is 0 Å². The predicted octanol–water partition coefficient (Wildman–Crippen LogP) is 7.82. The van der Waals surface area contributed by atoms with Gasteiger partial charge in [0.1, 0.15) is 0 Å². The first-order chi connectivity index (χ1) is 16.4. The summed E-state index contributed by atoms with van der Waals surface area (Å²) in [7, 11) is 0. The van der Waals surface area contributed by atoms with E-state index in [4.69, 9.17) is 4.98 Å². The average Bonchev–Trinajstić information content (AvgIpc) is 3.27. The first kappa shape index (κ1) is 18.4. The van der Waals surface area contributed by atoms with E-state index in [2.05, 4.69) is 64.6 Å². The van der Waals surface area contributed by atoms with Crippen molar-refractivity contribution in [2.75, 3.05) is 0 Å². The summed E-state index contributed by atoms with van der Waals surface area (Å²) in [5.41, 5.74) is 5.03. The number of fused-ring (bicyclic) bond motifs is 3. The van der Waals surface area contributed by atoms with Crippen molar-refractivity contribution in [1.82, 2.24) is 15.0 Å². The molecule has 7 rings (SSSR count). The Morgan fingerprint density at radius 1 is 0.576 bits per heavy atom. The molecule has 154 valence electrons. The fourth-order valence-electron chi connectivity index (χ4n) is 4.82. The monoisotopic (exact) mass is 439 g/mol. The van der Waals surface area contributed by atoms with Crippen molar-refractivity contribution in [2.24, 2.45) is 0 Å². The topological polar surface area (TPSA) is 38.7 Å². The maximum absolute atomic E-state index is 4.84. The molecule has 3 nitrogen and oxygen atoms in total. The minimum atomic E-state index is 0.899. The van der Waals surface area contributed by atoms with Crippen molar-refractivity contribution < 1.29 is 0 Å². The quantitative estimate of drug-likeness (QED) is 0.263. The molecule has 0 unspecified atom stereocenters. The lowest BCUT2D eigenvalue weighted by atomic mass is 9.94. The summed E-state index contributed by atoms with van der Waals surface area (Å²) in [6.07, 6.45) is 9.79. The Kier molecular flexibility index (Phi) is 4.01. The molecule has 0 radical (unpaired) electrons. The highest BCUT2D eigenvalue weighted by atomic mass is 32.1. The van der Waals surface area contributed by atoms with E-state index in [1.807, 2.05) is 60.3 Å². The van der Waals surface area contributed by atoms with Crippen LogP contribution >= 0.6 is 11.3 Å². The molecule has 4 heterocycles. The highest BCUT2D eigenvalue weighted by molar-refractivity contribution is 7.26. The van der Waals surface area contributed by atoms with E-state index in [1.165, 1.54) is 36.3 Å². The molecule has 4 aromatic heterocycles. The summed E-state index contributed by atoms with van der Waals surface area (Å²) in [6.45, 7) is 0. The fourth-order valence-corrected chi connectivity index (χ4v) is 5.96. The number of thiophene rings is 1. The Morgan fingerprint density at radius 3 is 2.36 bits per heavy atom. The SMILES string of the molecule is C(=C\c1ccc2sc3cccc4c5cccnc5c1c2c34)/c1ncccc1-c1ccccn1. The van der Waals surface area contributed by atoms with Crippen LogP contribution in [0.1, 0.15) is 11.3 Å². The van der Waals surface area contributed by atoms with Crippen molar-refractivity contribution in [2.45, 2.75) is 0 Å². The summed E-state index contributed by atoms with van der Waals surface area (Å²) in [5, 5.41) is 6.33. The molecule has 33 heavy (non-hydrogen) atoms. The Labute approximate surface area is 194 Å². The van der Waals surface area contributed by atoms with Crippen LogP contribution in [-0.2, 0) is 0 Å². The van der Waals surface area contributed by atoms with Crippen molar-refractivity contribution in [1.29, 1.82) is 0 Å². The smallest absolute Gasteiger partial charge is 0.0793 e. The molecular weight excluding hydrogens is 422 g/mol. The number of nitrogens with zero attached hydrogens (tertiary/aromatic N) is 3. The summed E-state index contributed by atoms with van der Waals surface area (Å²) >= 11 is 1.85. The average molecular weight is 440 g/mol. The molecule has 0 aliphatic carbocycles. The normalized spacial score (nSPS) is 12.1. The van der Waals surface area contributed by atoms with E-state index < -0.39 is 0 Å². The van der Waals surface area contributed by atoms with Gasteiger partial charge in [0.05, 0.1) is 16.9 Å². The third-order valence-electron chi connectivity index (χ3n) is 6.23. The van der Waals surface area contributed by atoms with Crippen molar-refractivity contribution in [3.63, 3.8) is 0 Å². The van der Waals surface area contributed by atoms with Gasteiger partial charge in [-0.3, -0.25) is 15.0 Å². The molecule has 0 aliphatic heterocycles. The summed E-state index contributed by atoms with van der Waals surface area (Å²) in [5.74, 6) is 0. The molecular formula is C29H17N3S. The molecule has 4 heteroatoms. The van der Waals surface area contributed by atoms with Gasteiger partial charge in [0, 0.05) is 55.1 Å². The summed E-state index contributed by atoms with van der Waals surface area (Å²) < 4.78 is 2.62. The lowest BCUT2D eigenvalue weighted by Gasteiger charge is -2.10. The van der Waals surface area contributed by atoms with Gasteiger partial charge in [0.25, 0.3) is 0 Å². The number of hydrogen-bond acceptors (Lipinski definition) is 4. The Bertz CT molecular complexity index is 1820. The molecule has 0 spiro atoms. The molecule has 0 amide bonds. The minimum Gasteiger partial charge on any atom is -0.256 e.